The summed E-state index contributed by atoms with van der Waals surface area (Å²) in [4.78, 5) is 6.23. The number of imidazole rings is 1. The van der Waals surface area contributed by atoms with Crippen molar-refractivity contribution in [1.29, 1.82) is 5.26 Å². The van der Waals surface area contributed by atoms with Crippen molar-refractivity contribution in [3.63, 3.8) is 0 Å². The van der Waals surface area contributed by atoms with E-state index >= 15 is 0 Å². The second-order valence-corrected chi connectivity index (χ2v) is 8.22. The monoisotopic (exact) mass is 444 g/mol. The molecule has 2 N–H and O–H groups in total. The second-order valence-electron chi connectivity index (χ2n) is 8.22. The quantitative estimate of drug-likeness (QED) is 0.491. The zero-order valence-corrected chi connectivity index (χ0v) is 18.6. The molecule has 7 nitrogen and oxygen atoms in total. The van der Waals surface area contributed by atoms with Gasteiger partial charge in [-0.3, -0.25) is 4.90 Å². The van der Waals surface area contributed by atoms with E-state index in [1.54, 1.807) is 23.9 Å². The Morgan fingerprint density at radius 3 is 2.42 bits per heavy atom. The van der Waals surface area contributed by atoms with Crippen molar-refractivity contribution in [2.24, 2.45) is 0 Å². The summed E-state index contributed by atoms with van der Waals surface area (Å²) in [6, 6.07) is 18.1. The lowest BCUT2D eigenvalue weighted by molar-refractivity contribution is 0.0293. The van der Waals surface area contributed by atoms with Gasteiger partial charge in [0.25, 0.3) is 0 Å². The number of benzene rings is 2. The van der Waals surface area contributed by atoms with Crippen LogP contribution < -0.4 is 4.74 Å². The zero-order chi connectivity index (χ0) is 23.2. The van der Waals surface area contributed by atoms with Gasteiger partial charge in [-0.25, -0.2) is 4.98 Å². The maximum Gasteiger partial charge on any atom is 0.137 e. The van der Waals surface area contributed by atoms with Crippen LogP contribution in [0.15, 0.2) is 67.0 Å². The summed E-state index contributed by atoms with van der Waals surface area (Å²) in [5.74, 6) is 1.37. The molecule has 4 rings (SSSR count). The van der Waals surface area contributed by atoms with Crippen molar-refractivity contribution in [3.8, 4) is 22.9 Å². The van der Waals surface area contributed by atoms with Crippen LogP contribution in [0.3, 0.4) is 0 Å². The molecule has 1 saturated heterocycles. The Balaban J connectivity index is 1.37. The van der Waals surface area contributed by atoms with Gasteiger partial charge < -0.3 is 19.5 Å². The van der Waals surface area contributed by atoms with Crippen molar-refractivity contribution >= 4 is 6.08 Å². The number of aromatic nitrogens is 2. The van der Waals surface area contributed by atoms with Crippen LogP contribution in [0.5, 0.6) is 5.75 Å². The molecule has 1 aliphatic heterocycles. The number of rotatable bonds is 9. The Morgan fingerprint density at radius 2 is 1.82 bits per heavy atom. The van der Waals surface area contributed by atoms with Crippen LogP contribution in [-0.2, 0) is 0 Å². The van der Waals surface area contributed by atoms with Gasteiger partial charge in [-0.1, -0.05) is 48.6 Å². The summed E-state index contributed by atoms with van der Waals surface area (Å²) in [7, 11) is 0. The highest BCUT2D eigenvalue weighted by Crippen LogP contribution is 2.25. The van der Waals surface area contributed by atoms with Gasteiger partial charge in [0.05, 0.1) is 25.3 Å². The number of aliphatic hydroxyl groups is 2. The van der Waals surface area contributed by atoms with E-state index in [2.05, 4.69) is 28.1 Å². The molecule has 2 aromatic carbocycles. The molecule has 1 fully saturated rings. The third-order valence-corrected chi connectivity index (χ3v) is 5.75. The molecule has 3 aromatic rings. The van der Waals surface area contributed by atoms with Crippen LogP contribution in [0.1, 0.15) is 30.5 Å². The predicted octanol–water partition coefficient (Wildman–Crippen LogP) is 3.44. The summed E-state index contributed by atoms with van der Waals surface area (Å²) in [6.45, 7) is 3.62. The molecule has 2 atom stereocenters. The summed E-state index contributed by atoms with van der Waals surface area (Å²) >= 11 is 0. The van der Waals surface area contributed by atoms with Gasteiger partial charge >= 0.3 is 0 Å². The molecule has 0 saturated carbocycles. The van der Waals surface area contributed by atoms with E-state index in [4.69, 9.17) is 10.00 Å². The fraction of sp³-hybridized carbons (Fsp3) is 0.308. The molecule has 0 aliphatic carbocycles. The van der Waals surface area contributed by atoms with Gasteiger partial charge in [0.1, 0.15) is 23.8 Å². The van der Waals surface area contributed by atoms with E-state index < -0.39 is 6.10 Å². The van der Waals surface area contributed by atoms with E-state index in [9.17, 15) is 10.2 Å². The number of nitriles is 1. The maximum atomic E-state index is 9.86. The van der Waals surface area contributed by atoms with Crippen LogP contribution in [0.25, 0.3) is 17.2 Å². The van der Waals surface area contributed by atoms with E-state index in [1.807, 2.05) is 48.6 Å². The lowest BCUT2D eigenvalue weighted by atomic mass is 10.0. The fourth-order valence-electron chi connectivity index (χ4n) is 3.92. The van der Waals surface area contributed by atoms with Gasteiger partial charge in [-0.2, -0.15) is 5.26 Å². The molecule has 0 amide bonds. The van der Waals surface area contributed by atoms with Gasteiger partial charge in [0, 0.05) is 25.5 Å². The highest BCUT2D eigenvalue weighted by atomic mass is 16.5. The van der Waals surface area contributed by atoms with Crippen LogP contribution in [-0.4, -0.2) is 57.0 Å². The molecule has 0 bridgehead atoms. The number of ether oxygens (including phenoxy) is 1. The molecule has 0 radical (unpaired) electrons. The molecule has 33 heavy (non-hydrogen) atoms. The SMILES string of the molecule is C[C@H](O)c1nccn1[C@@H](/C=C/c1ccc(-c2ccc(OC3CN(CC#N)C3)cc2)cc1)CO. The highest BCUT2D eigenvalue weighted by Gasteiger charge is 2.27. The lowest BCUT2D eigenvalue weighted by Gasteiger charge is -2.37. The smallest absolute Gasteiger partial charge is 0.137 e. The van der Waals surface area contributed by atoms with E-state index in [-0.39, 0.29) is 18.8 Å². The Bertz CT molecular complexity index is 1110. The molecule has 0 unspecified atom stereocenters. The topological polar surface area (TPSA) is 94.5 Å². The molecule has 2 heterocycles. The number of hydrogen-bond acceptors (Lipinski definition) is 6. The van der Waals surface area contributed by atoms with Crippen LogP contribution in [0, 0.1) is 11.3 Å². The first-order valence-corrected chi connectivity index (χ1v) is 11.0. The van der Waals surface area contributed by atoms with Crippen molar-refractivity contribution in [3.05, 3.63) is 78.4 Å². The molecule has 7 heteroatoms. The Kier molecular flexibility index (Phi) is 7.20. The van der Waals surface area contributed by atoms with Crippen LogP contribution in [0.2, 0.25) is 0 Å². The lowest BCUT2D eigenvalue weighted by Crippen LogP contribution is -2.53. The van der Waals surface area contributed by atoms with E-state index in [0.717, 1.165) is 35.5 Å². The zero-order valence-electron chi connectivity index (χ0n) is 18.6. The van der Waals surface area contributed by atoms with E-state index in [0.29, 0.717) is 12.4 Å². The number of likely N-dealkylation sites (tertiary alicyclic amines) is 1. The van der Waals surface area contributed by atoms with Gasteiger partial charge in [-0.05, 0) is 35.7 Å². The van der Waals surface area contributed by atoms with Gasteiger partial charge in [-0.15, -0.1) is 0 Å². The third-order valence-electron chi connectivity index (χ3n) is 5.75. The third kappa shape index (κ3) is 5.49. The number of aliphatic hydroxyl groups excluding tert-OH is 2. The first-order chi connectivity index (χ1) is 16.1. The average molecular weight is 445 g/mol. The van der Waals surface area contributed by atoms with Crippen LogP contribution in [0.4, 0.5) is 0 Å². The molecule has 170 valence electrons. The highest BCUT2D eigenvalue weighted by molar-refractivity contribution is 5.66. The maximum absolute atomic E-state index is 9.86. The summed E-state index contributed by atoms with van der Waals surface area (Å²) in [5.41, 5.74) is 3.22. The van der Waals surface area contributed by atoms with E-state index in [1.165, 1.54) is 0 Å². The minimum absolute atomic E-state index is 0.0870. The predicted molar refractivity (Wildman–Crippen MR) is 126 cm³/mol. The Labute approximate surface area is 193 Å². The number of hydrogen-bond donors (Lipinski definition) is 2. The Morgan fingerprint density at radius 1 is 1.15 bits per heavy atom. The molecule has 1 aromatic heterocycles. The molecule has 1 aliphatic rings. The molecule has 0 spiro atoms. The average Bonchev–Trinajstić information content (AvgIpc) is 3.29. The summed E-state index contributed by atoms with van der Waals surface area (Å²) in [5, 5.41) is 28.4. The van der Waals surface area contributed by atoms with Crippen molar-refractivity contribution in [1.82, 2.24) is 14.5 Å². The first-order valence-electron chi connectivity index (χ1n) is 11.0. The standard InChI is InChI=1S/C26H28N4O3/c1-19(32)26-28-13-15-30(26)23(18-31)9-4-20-2-5-21(6-3-20)22-7-10-24(11-8-22)33-25-16-29(17-25)14-12-27/h2-11,13,15,19,23,25,31-32H,14,16-18H2,1H3/b9-4+/t19-,23-/m0/s1. The van der Waals surface area contributed by atoms with Crippen molar-refractivity contribution in [2.45, 2.75) is 25.2 Å². The van der Waals surface area contributed by atoms with Gasteiger partial charge in [0.2, 0.25) is 0 Å². The molecular formula is C26H28N4O3. The molecular weight excluding hydrogens is 416 g/mol. The summed E-state index contributed by atoms with van der Waals surface area (Å²) in [6.07, 6.45) is 6.70. The minimum atomic E-state index is -0.703. The minimum Gasteiger partial charge on any atom is -0.488 e. The number of nitrogens with zero attached hydrogens (tertiary/aromatic N) is 4. The van der Waals surface area contributed by atoms with Crippen molar-refractivity contribution < 1.29 is 14.9 Å². The normalized spacial score (nSPS) is 16.3. The van der Waals surface area contributed by atoms with Crippen molar-refractivity contribution in [2.75, 3.05) is 26.2 Å². The van der Waals surface area contributed by atoms with Crippen LogP contribution >= 0.6 is 0 Å². The van der Waals surface area contributed by atoms with Gasteiger partial charge in [0.15, 0.2) is 0 Å². The largest absolute Gasteiger partial charge is 0.488 e. The Hall–Kier alpha value is -3.44. The first kappa shape index (κ1) is 22.7. The fourth-order valence-corrected chi connectivity index (χ4v) is 3.92. The second kappa shape index (κ2) is 10.5. The summed E-state index contributed by atoms with van der Waals surface area (Å²) < 4.78 is 7.73.